The molecule has 0 radical (unpaired) electrons. The average molecular weight is 240 g/mol. The van der Waals surface area contributed by atoms with Gasteiger partial charge in [0, 0.05) is 11.6 Å². The minimum Gasteiger partial charge on any atom is -0.478 e. The highest BCUT2D eigenvalue weighted by atomic mass is 35.5. The van der Waals surface area contributed by atoms with Crippen molar-refractivity contribution in [2.24, 2.45) is 0 Å². The molecule has 0 bridgehead atoms. The predicted molar refractivity (Wildman–Crippen MR) is 62.0 cm³/mol. The molecule has 1 saturated carbocycles. The maximum absolute atomic E-state index is 10.9. The third-order valence-electron chi connectivity index (χ3n) is 3.08. The number of nitrogens with zero attached hydrogens (tertiary/aromatic N) is 1. The van der Waals surface area contributed by atoms with Gasteiger partial charge in [0.15, 0.2) is 0 Å². The van der Waals surface area contributed by atoms with Gasteiger partial charge in [-0.15, -0.1) is 0 Å². The molecular formula is C12H14ClNO2. The Kier molecular flexibility index (Phi) is 3.44. The van der Waals surface area contributed by atoms with E-state index in [1.54, 1.807) is 6.07 Å². The second kappa shape index (κ2) is 4.83. The summed E-state index contributed by atoms with van der Waals surface area (Å²) < 4.78 is 0. The number of aromatic carboxylic acids is 1. The zero-order chi connectivity index (χ0) is 11.5. The molecule has 1 aromatic heterocycles. The molecule has 0 atom stereocenters. The molecule has 1 aliphatic carbocycles. The van der Waals surface area contributed by atoms with Crippen molar-refractivity contribution < 1.29 is 9.90 Å². The number of pyridine rings is 1. The summed E-state index contributed by atoms with van der Waals surface area (Å²) >= 11 is 5.84. The zero-order valence-corrected chi connectivity index (χ0v) is 9.70. The minimum atomic E-state index is -0.943. The highest BCUT2D eigenvalue weighted by Crippen LogP contribution is 2.32. The van der Waals surface area contributed by atoms with Crippen molar-refractivity contribution in [1.29, 1.82) is 0 Å². The minimum absolute atomic E-state index is 0.237. The van der Waals surface area contributed by atoms with Crippen LogP contribution in [0.15, 0.2) is 12.1 Å². The normalized spacial score (nSPS) is 17.3. The summed E-state index contributed by atoms with van der Waals surface area (Å²) in [5.74, 6) is -0.563. The second-order valence-electron chi connectivity index (χ2n) is 4.24. The number of halogens is 1. The number of carbonyl (C=O) groups is 1. The Hall–Kier alpha value is -1.09. The van der Waals surface area contributed by atoms with Crippen molar-refractivity contribution in [1.82, 2.24) is 4.98 Å². The van der Waals surface area contributed by atoms with E-state index in [1.807, 2.05) is 0 Å². The van der Waals surface area contributed by atoms with Gasteiger partial charge in [0.2, 0.25) is 0 Å². The summed E-state index contributed by atoms with van der Waals surface area (Å²) in [5.41, 5.74) is 1.07. The first-order chi connectivity index (χ1) is 7.66. The SMILES string of the molecule is O=C(O)c1cc(Cl)nc(C2CCCCC2)c1. The molecule has 0 aliphatic heterocycles. The molecule has 2 rings (SSSR count). The van der Waals surface area contributed by atoms with E-state index >= 15 is 0 Å². The molecule has 1 heterocycles. The van der Waals surface area contributed by atoms with Gasteiger partial charge >= 0.3 is 5.97 Å². The van der Waals surface area contributed by atoms with Crippen LogP contribution < -0.4 is 0 Å². The lowest BCUT2D eigenvalue weighted by Crippen LogP contribution is -2.08. The van der Waals surface area contributed by atoms with E-state index in [0.29, 0.717) is 5.92 Å². The van der Waals surface area contributed by atoms with E-state index < -0.39 is 5.97 Å². The Bertz CT molecular complexity index is 400. The highest BCUT2D eigenvalue weighted by Gasteiger charge is 2.18. The Morgan fingerprint density at radius 1 is 1.31 bits per heavy atom. The van der Waals surface area contributed by atoms with Crippen molar-refractivity contribution in [3.05, 3.63) is 28.5 Å². The number of carboxylic acid groups (broad SMARTS) is 1. The van der Waals surface area contributed by atoms with Gasteiger partial charge in [-0.2, -0.15) is 0 Å². The molecule has 86 valence electrons. The van der Waals surface area contributed by atoms with Gasteiger partial charge < -0.3 is 5.11 Å². The third-order valence-corrected chi connectivity index (χ3v) is 3.28. The van der Waals surface area contributed by atoms with Gasteiger partial charge in [-0.05, 0) is 25.0 Å². The number of carboxylic acids is 1. The summed E-state index contributed by atoms with van der Waals surface area (Å²) in [6, 6.07) is 3.06. The van der Waals surface area contributed by atoms with Crippen molar-refractivity contribution in [2.45, 2.75) is 38.0 Å². The van der Waals surface area contributed by atoms with Crippen LogP contribution in [0.3, 0.4) is 0 Å². The van der Waals surface area contributed by atoms with Crippen molar-refractivity contribution in [3.63, 3.8) is 0 Å². The number of aromatic nitrogens is 1. The van der Waals surface area contributed by atoms with Crippen LogP contribution in [0.4, 0.5) is 0 Å². The molecule has 3 nitrogen and oxygen atoms in total. The average Bonchev–Trinajstić information content (AvgIpc) is 2.29. The summed E-state index contributed by atoms with van der Waals surface area (Å²) in [6.07, 6.45) is 5.84. The monoisotopic (exact) mass is 239 g/mol. The first kappa shape index (κ1) is 11.4. The molecule has 4 heteroatoms. The second-order valence-corrected chi connectivity index (χ2v) is 4.63. The van der Waals surface area contributed by atoms with Crippen LogP contribution in [0.2, 0.25) is 5.15 Å². The molecule has 0 saturated heterocycles. The molecule has 16 heavy (non-hydrogen) atoms. The van der Waals surface area contributed by atoms with Gasteiger partial charge in [0.05, 0.1) is 5.56 Å². The predicted octanol–water partition coefficient (Wildman–Crippen LogP) is 3.48. The van der Waals surface area contributed by atoms with E-state index in [1.165, 1.54) is 25.3 Å². The Morgan fingerprint density at radius 2 is 2.00 bits per heavy atom. The Morgan fingerprint density at radius 3 is 2.62 bits per heavy atom. The number of rotatable bonds is 2. The van der Waals surface area contributed by atoms with Crippen LogP contribution in [0.5, 0.6) is 0 Å². The Labute approximate surface area is 99.5 Å². The highest BCUT2D eigenvalue weighted by molar-refractivity contribution is 6.29. The number of hydrogen-bond donors (Lipinski definition) is 1. The largest absolute Gasteiger partial charge is 0.478 e. The van der Waals surface area contributed by atoms with Crippen LogP contribution in [0.25, 0.3) is 0 Å². The summed E-state index contributed by atoms with van der Waals surface area (Å²) in [7, 11) is 0. The van der Waals surface area contributed by atoms with Crippen molar-refractivity contribution >= 4 is 17.6 Å². The van der Waals surface area contributed by atoms with Gasteiger partial charge in [-0.3, -0.25) is 0 Å². The first-order valence-corrected chi connectivity index (χ1v) is 5.95. The van der Waals surface area contributed by atoms with Crippen LogP contribution in [0.1, 0.15) is 54.1 Å². The molecule has 0 unspecified atom stereocenters. The molecule has 0 spiro atoms. The summed E-state index contributed by atoms with van der Waals surface area (Å²) in [6.45, 7) is 0. The first-order valence-electron chi connectivity index (χ1n) is 5.57. The number of hydrogen-bond acceptors (Lipinski definition) is 2. The molecule has 1 fully saturated rings. The molecule has 1 aromatic rings. The van der Waals surface area contributed by atoms with Gasteiger partial charge in [0.1, 0.15) is 5.15 Å². The van der Waals surface area contributed by atoms with E-state index in [2.05, 4.69) is 4.98 Å². The van der Waals surface area contributed by atoms with Crippen molar-refractivity contribution in [3.8, 4) is 0 Å². The maximum Gasteiger partial charge on any atom is 0.335 e. The standard InChI is InChI=1S/C12H14ClNO2/c13-11-7-9(12(15)16)6-10(14-11)8-4-2-1-3-5-8/h6-8H,1-5H2,(H,15,16). The summed E-state index contributed by atoms with van der Waals surface area (Å²) in [4.78, 5) is 15.1. The van der Waals surface area contributed by atoms with E-state index in [9.17, 15) is 4.79 Å². The zero-order valence-electron chi connectivity index (χ0n) is 8.95. The van der Waals surface area contributed by atoms with Crippen LogP contribution >= 0.6 is 11.6 Å². The smallest absolute Gasteiger partial charge is 0.335 e. The van der Waals surface area contributed by atoms with Gasteiger partial charge in [-0.25, -0.2) is 9.78 Å². The quantitative estimate of drug-likeness (QED) is 0.804. The molecule has 1 N–H and O–H groups in total. The maximum atomic E-state index is 10.9. The topological polar surface area (TPSA) is 50.2 Å². The Balaban J connectivity index is 2.28. The molecular weight excluding hydrogens is 226 g/mol. The van der Waals surface area contributed by atoms with Crippen molar-refractivity contribution in [2.75, 3.05) is 0 Å². The molecule has 0 amide bonds. The van der Waals surface area contributed by atoms with Gasteiger partial charge in [-0.1, -0.05) is 30.9 Å². The fourth-order valence-corrected chi connectivity index (χ4v) is 2.46. The summed E-state index contributed by atoms with van der Waals surface area (Å²) in [5, 5.41) is 9.22. The van der Waals surface area contributed by atoms with Crippen LogP contribution in [-0.2, 0) is 0 Å². The lowest BCUT2D eigenvalue weighted by molar-refractivity contribution is 0.0696. The van der Waals surface area contributed by atoms with E-state index in [4.69, 9.17) is 16.7 Å². The fourth-order valence-electron chi connectivity index (χ4n) is 2.25. The van der Waals surface area contributed by atoms with E-state index in [0.717, 1.165) is 18.5 Å². The van der Waals surface area contributed by atoms with E-state index in [-0.39, 0.29) is 10.7 Å². The molecule has 0 aromatic carbocycles. The van der Waals surface area contributed by atoms with Crippen LogP contribution in [0, 0.1) is 0 Å². The van der Waals surface area contributed by atoms with Crippen LogP contribution in [-0.4, -0.2) is 16.1 Å². The van der Waals surface area contributed by atoms with Gasteiger partial charge in [0.25, 0.3) is 0 Å². The molecule has 1 aliphatic rings. The fraction of sp³-hybridized carbons (Fsp3) is 0.500. The third kappa shape index (κ3) is 2.53. The lowest BCUT2D eigenvalue weighted by Gasteiger charge is -2.21. The lowest BCUT2D eigenvalue weighted by atomic mass is 9.86.